The molecule has 0 heterocycles. The van der Waals surface area contributed by atoms with Crippen molar-refractivity contribution in [3.05, 3.63) is 29.8 Å². The van der Waals surface area contributed by atoms with Gasteiger partial charge in [0.25, 0.3) is 0 Å². The highest BCUT2D eigenvalue weighted by Gasteiger charge is 2.26. The third kappa shape index (κ3) is 5.96. The Balaban J connectivity index is 2.67. The Morgan fingerprint density at radius 1 is 1.26 bits per heavy atom. The van der Waals surface area contributed by atoms with Gasteiger partial charge >= 0.3 is 5.91 Å². The minimum atomic E-state index is 0.0568. The quantitative estimate of drug-likeness (QED) is 0.651. The first-order chi connectivity index (χ1) is 8.88. The average Bonchev–Trinajstić information content (AvgIpc) is 2.30. The third-order valence-corrected chi connectivity index (χ3v) is 3.03. The topological polar surface area (TPSA) is 41.4 Å². The Morgan fingerprint density at radius 3 is 2.32 bits per heavy atom. The first-order valence-corrected chi connectivity index (χ1v) is 6.77. The third-order valence-electron chi connectivity index (χ3n) is 3.03. The van der Waals surface area contributed by atoms with Gasteiger partial charge in [-0.2, -0.15) is 0 Å². The molecule has 0 aliphatic heterocycles. The van der Waals surface area contributed by atoms with Crippen molar-refractivity contribution >= 4 is 11.6 Å². The summed E-state index contributed by atoms with van der Waals surface area (Å²) >= 11 is 0. The summed E-state index contributed by atoms with van der Waals surface area (Å²) in [5.41, 5.74) is 2.21. The summed E-state index contributed by atoms with van der Waals surface area (Å²) in [6, 6.07) is 8.08. The zero-order valence-electron chi connectivity index (χ0n) is 12.7. The van der Waals surface area contributed by atoms with E-state index in [1.807, 2.05) is 38.4 Å². The van der Waals surface area contributed by atoms with Gasteiger partial charge in [-0.1, -0.05) is 17.7 Å². The van der Waals surface area contributed by atoms with Crippen LogP contribution in [0, 0.1) is 12.8 Å². The van der Waals surface area contributed by atoms with Crippen molar-refractivity contribution in [3.8, 4) is 0 Å². The van der Waals surface area contributed by atoms with Gasteiger partial charge in [0, 0.05) is 6.54 Å². The molecule has 0 spiro atoms. The number of carbonyl (C=O) groups is 1. The van der Waals surface area contributed by atoms with Gasteiger partial charge in [0.1, 0.15) is 11.6 Å². The predicted octanol–water partition coefficient (Wildman–Crippen LogP) is -0.961. The standard InChI is InChI=1S/C15H25N3O/c1-12-6-8-14(9-7-12)16-15(19)13(10-17(2)3)11-18(4)5/h6-9,13H,10-11H2,1-5H3,(H,16,19)/p+2. The minimum absolute atomic E-state index is 0.0568. The smallest absolute Gasteiger partial charge is 0.325 e. The molecule has 1 aromatic carbocycles. The van der Waals surface area contributed by atoms with E-state index >= 15 is 0 Å². The number of primary amides is 1. The van der Waals surface area contributed by atoms with Gasteiger partial charge in [-0.05, 0) is 33.2 Å². The van der Waals surface area contributed by atoms with E-state index < -0.39 is 0 Å². The molecule has 0 aliphatic carbocycles. The van der Waals surface area contributed by atoms with Crippen molar-refractivity contribution in [1.82, 2.24) is 4.90 Å². The molecule has 1 unspecified atom stereocenters. The van der Waals surface area contributed by atoms with E-state index in [2.05, 4.69) is 25.9 Å². The molecule has 0 aliphatic rings. The fourth-order valence-electron chi connectivity index (χ4n) is 2.13. The molecule has 3 N–H and O–H groups in total. The lowest BCUT2D eigenvalue weighted by molar-refractivity contribution is -0.861. The van der Waals surface area contributed by atoms with Crippen molar-refractivity contribution < 1.29 is 15.0 Å². The second kappa shape index (κ2) is 7.38. The van der Waals surface area contributed by atoms with Crippen LogP contribution in [0.1, 0.15) is 5.56 Å². The van der Waals surface area contributed by atoms with Crippen molar-refractivity contribution in [2.24, 2.45) is 5.92 Å². The molecule has 19 heavy (non-hydrogen) atoms. The molecule has 1 aromatic rings. The molecule has 0 saturated carbocycles. The lowest BCUT2D eigenvalue weighted by Crippen LogP contribution is -3.07. The number of quaternary nitrogens is 2. The van der Waals surface area contributed by atoms with Crippen LogP contribution in [0.5, 0.6) is 0 Å². The molecule has 0 saturated heterocycles. The Hall–Kier alpha value is -1.23. The highest BCUT2D eigenvalue weighted by molar-refractivity contribution is 5.71. The van der Waals surface area contributed by atoms with E-state index in [4.69, 9.17) is 0 Å². The van der Waals surface area contributed by atoms with Crippen LogP contribution >= 0.6 is 0 Å². The van der Waals surface area contributed by atoms with Crippen molar-refractivity contribution in [1.29, 1.82) is 0 Å². The highest BCUT2D eigenvalue weighted by Crippen LogP contribution is 2.03. The summed E-state index contributed by atoms with van der Waals surface area (Å²) in [6.45, 7) is 3.71. The Morgan fingerprint density at radius 2 is 1.84 bits per heavy atom. The summed E-state index contributed by atoms with van der Waals surface area (Å²) in [6.07, 6.45) is 0. The number of hydrogen-bond acceptors (Lipinski definition) is 2. The van der Waals surface area contributed by atoms with Crippen molar-refractivity contribution in [2.45, 2.75) is 6.92 Å². The van der Waals surface area contributed by atoms with Crippen LogP contribution in [0.4, 0.5) is 5.69 Å². The molecule has 4 nitrogen and oxygen atoms in total. The lowest BCUT2D eigenvalue weighted by atomic mass is 10.1. The van der Waals surface area contributed by atoms with Gasteiger partial charge < -0.3 is 9.80 Å². The highest BCUT2D eigenvalue weighted by atomic mass is 16.1. The molecule has 0 aromatic heterocycles. The van der Waals surface area contributed by atoms with Crippen LogP contribution in [0.2, 0.25) is 0 Å². The summed E-state index contributed by atoms with van der Waals surface area (Å²) < 4.78 is 0. The number of benzene rings is 1. The normalized spacial score (nSPS) is 13.0. The van der Waals surface area contributed by atoms with Crippen molar-refractivity contribution in [2.75, 3.05) is 41.3 Å². The number of nitrogens with one attached hydrogen (secondary N) is 1. The summed E-state index contributed by atoms with van der Waals surface area (Å²) in [5.74, 6) is 0.278. The zero-order chi connectivity index (χ0) is 14.4. The van der Waals surface area contributed by atoms with Gasteiger partial charge in [-0.3, -0.25) is 5.32 Å². The molecule has 1 atom stereocenters. The maximum absolute atomic E-state index is 12.4. The molecule has 0 fully saturated rings. The second-order valence-electron chi connectivity index (χ2n) is 5.83. The monoisotopic (exact) mass is 265 g/mol. The van der Waals surface area contributed by atoms with E-state index in [1.54, 1.807) is 5.32 Å². The van der Waals surface area contributed by atoms with Crippen LogP contribution < -0.4 is 10.2 Å². The molecular formula is C15H27N3O+2. The second-order valence-corrected chi connectivity index (χ2v) is 5.83. The SMILES string of the molecule is Cc1ccc([NH2+]C(=O)C(CN(C)C)C[NH+](C)C)cc1. The number of carbonyl (C=O) groups excluding carboxylic acids is 1. The number of rotatable bonds is 6. The summed E-state index contributed by atoms with van der Waals surface area (Å²) in [5, 5.41) is 1.77. The van der Waals surface area contributed by atoms with Gasteiger partial charge in [-0.15, -0.1) is 0 Å². The Bertz CT molecular complexity index is 388. The van der Waals surface area contributed by atoms with Crippen LogP contribution in [0.15, 0.2) is 24.3 Å². The average molecular weight is 265 g/mol. The van der Waals surface area contributed by atoms with Gasteiger partial charge in [0.2, 0.25) is 0 Å². The molecule has 106 valence electrons. The van der Waals surface area contributed by atoms with E-state index in [-0.39, 0.29) is 11.8 Å². The number of amides is 1. The van der Waals surface area contributed by atoms with Gasteiger partial charge in [0.05, 0.1) is 20.6 Å². The molecule has 4 heteroatoms. The largest absolute Gasteiger partial charge is 0.339 e. The number of nitrogens with two attached hydrogens (primary N) is 1. The first-order valence-electron chi connectivity index (χ1n) is 6.77. The Labute approximate surface area is 116 Å². The molecule has 0 bridgehead atoms. The minimum Gasteiger partial charge on any atom is -0.339 e. The fraction of sp³-hybridized carbons (Fsp3) is 0.533. The van der Waals surface area contributed by atoms with Crippen LogP contribution in [0.25, 0.3) is 0 Å². The lowest BCUT2D eigenvalue weighted by Gasteiger charge is -2.19. The number of nitrogens with zero attached hydrogens (tertiary/aromatic N) is 1. The molecule has 1 amide bonds. The van der Waals surface area contributed by atoms with Crippen LogP contribution in [0.3, 0.4) is 0 Å². The Kier molecular flexibility index (Phi) is 6.15. The zero-order valence-corrected chi connectivity index (χ0v) is 12.7. The summed E-state index contributed by atoms with van der Waals surface area (Å²) in [4.78, 5) is 15.8. The first kappa shape index (κ1) is 15.8. The van der Waals surface area contributed by atoms with E-state index in [9.17, 15) is 4.79 Å². The molecule has 1 rings (SSSR count). The van der Waals surface area contributed by atoms with E-state index in [0.717, 1.165) is 18.8 Å². The van der Waals surface area contributed by atoms with Gasteiger partial charge in [-0.25, -0.2) is 4.79 Å². The van der Waals surface area contributed by atoms with E-state index in [1.165, 1.54) is 10.5 Å². The predicted molar refractivity (Wildman–Crippen MR) is 77.5 cm³/mol. The number of hydrogen-bond donors (Lipinski definition) is 2. The molecule has 0 radical (unpaired) electrons. The maximum Gasteiger partial charge on any atom is 0.325 e. The summed E-state index contributed by atoms with van der Waals surface area (Å²) in [7, 11) is 8.19. The van der Waals surface area contributed by atoms with Crippen molar-refractivity contribution in [3.63, 3.8) is 0 Å². The van der Waals surface area contributed by atoms with Gasteiger partial charge in [0.15, 0.2) is 0 Å². The maximum atomic E-state index is 12.4. The number of aryl methyl sites for hydroxylation is 1. The molecular weight excluding hydrogens is 238 g/mol. The van der Waals surface area contributed by atoms with Crippen LogP contribution in [-0.4, -0.2) is 52.1 Å². The fourth-order valence-corrected chi connectivity index (χ4v) is 2.13. The van der Waals surface area contributed by atoms with Crippen LogP contribution in [-0.2, 0) is 4.79 Å². The van der Waals surface area contributed by atoms with E-state index in [0.29, 0.717) is 0 Å².